The third kappa shape index (κ3) is 33.1. The number of aromatic hydroxyl groups is 1. The van der Waals surface area contributed by atoms with Crippen LogP contribution in [0.4, 0.5) is 0 Å². The number of halogens is 1. The first-order valence-corrected chi connectivity index (χ1v) is 36.7. The van der Waals surface area contributed by atoms with E-state index in [-0.39, 0.29) is 11.2 Å². The van der Waals surface area contributed by atoms with Crippen LogP contribution in [0.2, 0.25) is 0 Å². The summed E-state index contributed by atoms with van der Waals surface area (Å²) >= 11 is 9.02. The van der Waals surface area contributed by atoms with E-state index >= 15 is 0 Å². The van der Waals surface area contributed by atoms with Crippen LogP contribution in [-0.4, -0.2) is 64.4 Å². The summed E-state index contributed by atoms with van der Waals surface area (Å²) in [6.07, 6.45) is 52.6. The molecule has 2 aromatic carbocycles. The fourth-order valence-electron chi connectivity index (χ4n) is 12.6. The van der Waals surface area contributed by atoms with Crippen molar-refractivity contribution in [2.75, 3.05) is 26.2 Å². The second kappa shape index (κ2) is 48.1. The molecule has 0 unspecified atom stereocenters. The first kappa shape index (κ1) is 72.5. The van der Waals surface area contributed by atoms with Crippen molar-refractivity contribution in [3.8, 4) is 11.5 Å². The highest BCUT2D eigenvalue weighted by molar-refractivity contribution is 7.10. The summed E-state index contributed by atoms with van der Waals surface area (Å²) in [6.45, 7) is 13.7. The summed E-state index contributed by atoms with van der Waals surface area (Å²) in [7, 11) is 0. The molecule has 2 aliphatic rings. The van der Waals surface area contributed by atoms with Gasteiger partial charge in [-0.1, -0.05) is 244 Å². The number of carbonyl (C=O) groups is 2. The van der Waals surface area contributed by atoms with E-state index in [9.17, 15) is 14.7 Å². The van der Waals surface area contributed by atoms with Crippen LogP contribution in [0.15, 0.2) is 71.4 Å². The van der Waals surface area contributed by atoms with Crippen molar-refractivity contribution in [2.24, 2.45) is 0 Å². The van der Waals surface area contributed by atoms with Crippen LogP contribution in [0.1, 0.15) is 291 Å². The third-order valence-corrected chi connectivity index (χ3v) is 19.6. The summed E-state index contributed by atoms with van der Waals surface area (Å²) < 4.78 is 5.92. The van der Waals surface area contributed by atoms with Gasteiger partial charge in [0.15, 0.2) is 0 Å². The number of hydrogen-bond acceptors (Lipinski definition) is 8. The lowest BCUT2D eigenvalue weighted by Gasteiger charge is -2.35. The Morgan fingerprint density at radius 1 is 0.470 bits per heavy atom. The summed E-state index contributed by atoms with van der Waals surface area (Å²) in [4.78, 5) is 31.5. The van der Waals surface area contributed by atoms with E-state index in [1.54, 1.807) is 0 Å². The van der Waals surface area contributed by atoms with Gasteiger partial charge < -0.3 is 9.84 Å². The number of benzene rings is 2. The molecule has 0 saturated carbocycles. The van der Waals surface area contributed by atoms with Gasteiger partial charge in [0.05, 0.1) is 0 Å². The van der Waals surface area contributed by atoms with E-state index in [0.717, 1.165) is 102 Å². The maximum Gasteiger partial charge on any atom is 0.311 e. The number of hydrogen-bond donors (Lipinski definition) is 1. The van der Waals surface area contributed by atoms with E-state index in [2.05, 4.69) is 90.7 Å². The largest absolute Gasteiger partial charge is 0.508 e. The molecule has 2 atom stereocenters. The Kier molecular flexibility index (Phi) is 42.0. The molecule has 2 heterocycles. The van der Waals surface area contributed by atoms with Gasteiger partial charge in [0.2, 0.25) is 5.24 Å². The maximum absolute atomic E-state index is 12.7. The Balaban J connectivity index is 0.000000296. The van der Waals surface area contributed by atoms with Crippen LogP contribution in [0, 0.1) is 0 Å². The van der Waals surface area contributed by atoms with Gasteiger partial charge in [-0.3, -0.25) is 19.4 Å². The Labute approximate surface area is 522 Å². The van der Waals surface area contributed by atoms with Gasteiger partial charge in [-0.15, -0.1) is 22.7 Å². The highest BCUT2D eigenvalue weighted by Gasteiger charge is 2.27. The highest BCUT2D eigenvalue weighted by Crippen LogP contribution is 2.34. The van der Waals surface area contributed by atoms with Gasteiger partial charge >= 0.3 is 5.97 Å². The van der Waals surface area contributed by atoms with E-state index in [1.165, 1.54) is 218 Å². The zero-order chi connectivity index (χ0) is 59.2. The first-order valence-electron chi connectivity index (χ1n) is 34.6. The number of ether oxygens (including phenoxy) is 1. The molecule has 0 fully saturated rings. The quantitative estimate of drug-likeness (QED) is 0.0206. The molecule has 6 rings (SSSR count). The Bertz CT molecular complexity index is 2180. The molecule has 4 aromatic rings. The average molecular weight is 1200 g/mol. The van der Waals surface area contributed by atoms with Crippen molar-refractivity contribution in [1.82, 2.24) is 9.80 Å². The second-order valence-electron chi connectivity index (χ2n) is 24.6. The number of thiophene rings is 2. The number of esters is 1. The minimum Gasteiger partial charge on any atom is -0.508 e. The van der Waals surface area contributed by atoms with Crippen LogP contribution in [0.3, 0.4) is 0 Å². The number of phenolic OH excluding ortho intramolecular Hbond substituents is 1. The van der Waals surface area contributed by atoms with Crippen molar-refractivity contribution in [3.05, 3.63) is 103 Å². The third-order valence-electron chi connectivity index (χ3n) is 17.5. The summed E-state index contributed by atoms with van der Waals surface area (Å²) in [6, 6.07) is 22.3. The monoisotopic (exact) mass is 1200 g/mol. The molecule has 9 heteroatoms. The van der Waals surface area contributed by atoms with E-state index < -0.39 is 0 Å². The zero-order valence-electron chi connectivity index (χ0n) is 53.4. The topological polar surface area (TPSA) is 70.1 Å². The molecule has 0 bridgehead atoms. The van der Waals surface area contributed by atoms with Crippen LogP contribution in [0.25, 0.3) is 0 Å². The van der Waals surface area contributed by atoms with Gasteiger partial charge in [0.1, 0.15) is 11.5 Å². The van der Waals surface area contributed by atoms with Gasteiger partial charge in [0.25, 0.3) is 0 Å². The number of nitrogens with zero attached hydrogens (tertiary/aromatic N) is 2. The summed E-state index contributed by atoms with van der Waals surface area (Å²) in [5.41, 5.74) is 5.15. The number of fused-ring (bicyclic) bond motifs is 2. The molecular weight excluding hydrogens is 1080 g/mol. The van der Waals surface area contributed by atoms with Crippen molar-refractivity contribution in [3.63, 3.8) is 0 Å². The molecule has 0 spiro atoms. The molecular formula is C74H119ClN2O4S2. The summed E-state index contributed by atoms with van der Waals surface area (Å²) in [5, 5.41) is 14.2. The van der Waals surface area contributed by atoms with Crippen LogP contribution in [-0.2, 0) is 48.1 Å². The predicted molar refractivity (Wildman–Crippen MR) is 362 cm³/mol. The maximum atomic E-state index is 12.7. The molecule has 0 radical (unpaired) electrons. The second-order valence-corrected chi connectivity index (χ2v) is 27.0. The molecule has 2 aromatic heterocycles. The molecule has 2 aliphatic carbocycles. The fourth-order valence-corrected chi connectivity index (χ4v) is 14.2. The SMILES string of the molecule is CCCCCCCCCCCCCCCCCC(=O)Cl.CCCCCCCCCCCCCCCCCC(=O)Oc1cccc2c1CC[C@H](N(CCC)CCc1cccs1)C2.CCCN(CCc1cccs1)[C@H]1CCc2c(O)cccc2C1. The Morgan fingerprint density at radius 2 is 0.855 bits per heavy atom. The van der Waals surface area contributed by atoms with Crippen molar-refractivity contribution in [2.45, 2.75) is 309 Å². The molecule has 0 aliphatic heterocycles. The number of phenols is 1. The van der Waals surface area contributed by atoms with Gasteiger partial charge in [-0.2, -0.15) is 0 Å². The van der Waals surface area contributed by atoms with Gasteiger partial charge in [-0.25, -0.2) is 0 Å². The van der Waals surface area contributed by atoms with Gasteiger partial charge in [-0.05, 0) is 159 Å². The molecule has 0 amide bonds. The molecule has 6 nitrogen and oxygen atoms in total. The first-order chi connectivity index (χ1) is 40.8. The standard InChI is InChI=1S/C37H59NO2S.C19H25NOS.C18H35ClO/c1-3-5-6-7-8-9-10-11-12-13-14-15-16-17-18-24-37(39)40-36-23-19-21-32-31-33(25-26-35(32)36)38(28-4-2)29-27-34-22-20-30-41-34;1-2-11-20(12-10-17-6-4-13-22-17)16-8-9-18-15(14-16)5-3-7-19(18)21;1-2-3-4-5-6-7-8-9-10-11-12-13-14-15-16-17-18(19)20/h19-23,30,33H,3-18,24-29,31H2,1-2H3;3-7,13,16,21H,2,8-12,14H2,1H3;2-17H2,1H3/t33-;16-;/m00./s1. The fraction of sp³-hybridized carbons (Fsp3) is 0.703. The van der Waals surface area contributed by atoms with E-state index in [1.807, 2.05) is 40.9 Å². The lowest BCUT2D eigenvalue weighted by molar-refractivity contribution is -0.134. The minimum absolute atomic E-state index is 0.0567. The smallest absolute Gasteiger partial charge is 0.311 e. The van der Waals surface area contributed by atoms with E-state index in [4.69, 9.17) is 16.3 Å². The normalized spacial score (nSPS) is 14.6. The Morgan fingerprint density at radius 3 is 1.25 bits per heavy atom. The van der Waals surface area contributed by atoms with Crippen molar-refractivity contribution < 1.29 is 19.4 Å². The molecule has 1 N–H and O–H groups in total. The minimum atomic E-state index is -0.181. The van der Waals surface area contributed by atoms with Crippen LogP contribution >= 0.6 is 34.3 Å². The van der Waals surface area contributed by atoms with Gasteiger partial charge in [0, 0.05) is 47.8 Å². The van der Waals surface area contributed by atoms with Crippen LogP contribution in [0.5, 0.6) is 11.5 Å². The number of carbonyl (C=O) groups excluding carboxylic acids is 2. The molecule has 468 valence electrons. The number of rotatable bonds is 45. The molecule has 0 saturated heterocycles. The highest BCUT2D eigenvalue weighted by atomic mass is 35.5. The van der Waals surface area contributed by atoms with Crippen molar-refractivity contribution >= 4 is 45.5 Å². The Hall–Kier alpha value is -3.01. The lowest BCUT2D eigenvalue weighted by Crippen LogP contribution is -2.41. The van der Waals surface area contributed by atoms with Crippen LogP contribution < -0.4 is 4.74 Å². The predicted octanol–water partition coefficient (Wildman–Crippen LogP) is 22.0. The number of unbranched alkanes of at least 4 members (excludes halogenated alkanes) is 28. The average Bonchev–Trinajstić information content (AvgIpc) is 4.41. The lowest BCUT2D eigenvalue weighted by atomic mass is 9.86. The van der Waals surface area contributed by atoms with E-state index in [0.29, 0.717) is 30.7 Å². The zero-order valence-corrected chi connectivity index (χ0v) is 55.8. The summed E-state index contributed by atoms with van der Waals surface area (Å²) in [5.74, 6) is 1.24. The molecule has 83 heavy (non-hydrogen) atoms. The van der Waals surface area contributed by atoms with Crippen molar-refractivity contribution in [1.29, 1.82) is 0 Å².